The van der Waals surface area contributed by atoms with Crippen LogP contribution in [0, 0.1) is 6.92 Å². The molecule has 0 aliphatic carbocycles. The number of carbonyl (C=O) groups is 1. The van der Waals surface area contributed by atoms with Crippen molar-refractivity contribution in [2.75, 3.05) is 19.3 Å². The highest BCUT2D eigenvalue weighted by Gasteiger charge is 2.13. The van der Waals surface area contributed by atoms with Crippen LogP contribution in [0.15, 0.2) is 50.8 Å². The van der Waals surface area contributed by atoms with Crippen LogP contribution in [-0.4, -0.2) is 36.4 Å². The maximum Gasteiger partial charge on any atom is 0.173 e. The maximum absolute atomic E-state index is 12.5. The van der Waals surface area contributed by atoms with E-state index in [4.69, 9.17) is 11.6 Å². The zero-order valence-corrected chi connectivity index (χ0v) is 17.6. The van der Waals surface area contributed by atoms with Crippen molar-refractivity contribution in [3.8, 4) is 0 Å². The summed E-state index contributed by atoms with van der Waals surface area (Å²) in [6, 6.07) is 11.5. The first kappa shape index (κ1) is 20.0. The zero-order valence-electron chi connectivity index (χ0n) is 14.4. The number of aliphatic imine (C=N–C) groups is 1. The Bertz CT molecular complexity index is 778. The van der Waals surface area contributed by atoms with Gasteiger partial charge in [0, 0.05) is 28.5 Å². The molecule has 0 amide bonds. The molecule has 0 fully saturated rings. The van der Waals surface area contributed by atoms with Crippen LogP contribution in [0.25, 0.3) is 0 Å². The van der Waals surface area contributed by atoms with E-state index in [9.17, 15) is 4.79 Å². The predicted octanol–water partition coefficient (Wildman–Crippen LogP) is 6.00. The van der Waals surface area contributed by atoms with E-state index < -0.39 is 0 Å². The Kier molecular flexibility index (Phi) is 7.54. The molecular formula is C19H20BrClN2OS. The molecule has 0 radical (unpaired) electrons. The van der Waals surface area contributed by atoms with E-state index in [0.717, 1.165) is 21.5 Å². The summed E-state index contributed by atoms with van der Waals surface area (Å²) in [4.78, 5) is 20.0. The first-order valence-electron chi connectivity index (χ1n) is 7.87. The third-order valence-electron chi connectivity index (χ3n) is 3.67. The number of halogens is 2. The molecule has 0 saturated heterocycles. The van der Waals surface area contributed by atoms with Crippen molar-refractivity contribution >= 4 is 57.1 Å². The first-order valence-corrected chi connectivity index (χ1v) is 10.0. The molecule has 0 spiro atoms. The van der Waals surface area contributed by atoms with Crippen LogP contribution in [0.4, 0.5) is 5.69 Å². The molecule has 0 saturated carbocycles. The van der Waals surface area contributed by atoms with Gasteiger partial charge in [0.05, 0.1) is 22.8 Å². The topological polar surface area (TPSA) is 32.7 Å². The molecule has 0 N–H and O–H groups in total. The molecule has 0 heterocycles. The van der Waals surface area contributed by atoms with E-state index in [1.165, 1.54) is 11.8 Å². The Morgan fingerprint density at radius 3 is 2.64 bits per heavy atom. The minimum atomic E-state index is 0.0634. The van der Waals surface area contributed by atoms with Gasteiger partial charge in [-0.1, -0.05) is 27.5 Å². The quantitative estimate of drug-likeness (QED) is 0.230. The lowest BCUT2D eigenvalue weighted by Gasteiger charge is -2.10. The molecule has 0 unspecified atom stereocenters. The fraction of sp³-hybridized carbons (Fsp3) is 0.263. The normalized spacial score (nSPS) is 11.1. The van der Waals surface area contributed by atoms with Crippen LogP contribution < -0.4 is 0 Å². The Morgan fingerprint density at radius 2 is 2.00 bits per heavy atom. The minimum absolute atomic E-state index is 0.0634. The van der Waals surface area contributed by atoms with E-state index in [-0.39, 0.29) is 5.78 Å². The lowest BCUT2D eigenvalue weighted by Crippen LogP contribution is -2.14. The van der Waals surface area contributed by atoms with Crippen LogP contribution >= 0.6 is 39.3 Å². The van der Waals surface area contributed by atoms with Crippen molar-refractivity contribution in [2.24, 2.45) is 4.99 Å². The number of thioether (sulfide) groups is 1. The van der Waals surface area contributed by atoms with Crippen LogP contribution in [0.1, 0.15) is 22.8 Å². The van der Waals surface area contributed by atoms with E-state index >= 15 is 0 Å². The molecule has 2 aromatic rings. The number of carbonyl (C=O) groups excluding carboxylic acids is 1. The summed E-state index contributed by atoms with van der Waals surface area (Å²) in [5.74, 6) is 0.438. The highest BCUT2D eigenvalue weighted by molar-refractivity contribution is 9.10. The van der Waals surface area contributed by atoms with Crippen LogP contribution in [0.3, 0.4) is 0 Å². The van der Waals surface area contributed by atoms with Crippen molar-refractivity contribution in [1.29, 1.82) is 0 Å². The van der Waals surface area contributed by atoms with Gasteiger partial charge in [-0.2, -0.15) is 0 Å². The molecule has 132 valence electrons. The molecule has 0 atom stereocenters. The van der Waals surface area contributed by atoms with Crippen molar-refractivity contribution in [3.05, 3.63) is 57.0 Å². The maximum atomic E-state index is 12.5. The largest absolute Gasteiger partial charge is 0.366 e. The summed E-state index contributed by atoms with van der Waals surface area (Å²) in [7, 11) is 1.95. The van der Waals surface area contributed by atoms with Gasteiger partial charge in [0.1, 0.15) is 0 Å². The second-order valence-corrected chi connectivity index (χ2v) is 7.97. The van der Waals surface area contributed by atoms with Crippen molar-refractivity contribution < 1.29 is 4.79 Å². The summed E-state index contributed by atoms with van der Waals surface area (Å²) in [5.41, 5.74) is 2.21. The van der Waals surface area contributed by atoms with Crippen LogP contribution in [-0.2, 0) is 0 Å². The van der Waals surface area contributed by atoms with Crippen molar-refractivity contribution in [3.63, 3.8) is 0 Å². The molecule has 3 nitrogen and oxygen atoms in total. The average Bonchev–Trinajstić information content (AvgIpc) is 2.61. The number of nitrogens with zero attached hydrogens (tertiary/aromatic N) is 2. The molecule has 6 heteroatoms. The summed E-state index contributed by atoms with van der Waals surface area (Å²) in [6.07, 6.45) is 1.74. The summed E-state index contributed by atoms with van der Waals surface area (Å²) >= 11 is 11.2. The Labute approximate surface area is 166 Å². The second kappa shape index (κ2) is 9.41. The number of rotatable bonds is 7. The fourth-order valence-corrected chi connectivity index (χ4v) is 3.32. The second-order valence-electron chi connectivity index (χ2n) is 5.60. The zero-order chi connectivity index (χ0) is 18.4. The molecule has 0 aliphatic rings. The SMILES string of the molecule is CCN(C)C=Nc1cc(C)c(C(=O)CSc2ccc(Br)cc2)cc1Cl. The van der Waals surface area contributed by atoms with Gasteiger partial charge in [0.15, 0.2) is 5.78 Å². The standard InChI is InChI=1S/C19H20BrClN2OS/c1-4-23(3)12-22-18-9-13(2)16(10-17(18)21)19(24)11-25-15-7-5-14(20)6-8-15/h5-10,12H,4,11H2,1-3H3. The van der Waals surface area contributed by atoms with E-state index in [2.05, 4.69) is 20.9 Å². The highest BCUT2D eigenvalue weighted by atomic mass is 79.9. The van der Waals surface area contributed by atoms with Gasteiger partial charge in [0.25, 0.3) is 0 Å². The van der Waals surface area contributed by atoms with Crippen molar-refractivity contribution in [1.82, 2.24) is 4.90 Å². The molecular weight excluding hydrogens is 420 g/mol. The Balaban J connectivity index is 2.10. The number of benzene rings is 2. The van der Waals surface area contributed by atoms with Gasteiger partial charge in [-0.25, -0.2) is 4.99 Å². The Morgan fingerprint density at radius 1 is 1.32 bits per heavy atom. The molecule has 0 aliphatic heterocycles. The van der Waals surface area contributed by atoms with Gasteiger partial charge in [-0.05, 0) is 55.8 Å². The number of hydrogen-bond acceptors (Lipinski definition) is 3. The third-order valence-corrected chi connectivity index (χ3v) is 5.51. The first-order chi connectivity index (χ1) is 11.9. The van der Waals surface area contributed by atoms with E-state index in [0.29, 0.717) is 22.0 Å². The average molecular weight is 440 g/mol. The van der Waals surface area contributed by atoms with Gasteiger partial charge >= 0.3 is 0 Å². The number of aryl methyl sites for hydroxylation is 1. The summed E-state index contributed by atoms with van der Waals surface area (Å²) < 4.78 is 1.02. The number of Topliss-reactive ketones (excluding diaryl/α,β-unsaturated/α-hetero) is 1. The molecule has 25 heavy (non-hydrogen) atoms. The van der Waals surface area contributed by atoms with E-state index in [1.54, 1.807) is 12.4 Å². The highest BCUT2D eigenvalue weighted by Crippen LogP contribution is 2.30. The van der Waals surface area contributed by atoms with Gasteiger partial charge < -0.3 is 4.90 Å². The summed E-state index contributed by atoms with van der Waals surface area (Å²) in [5, 5.41) is 0.489. The number of hydrogen-bond donors (Lipinski definition) is 0. The lowest BCUT2D eigenvalue weighted by atomic mass is 10.0. The lowest BCUT2D eigenvalue weighted by molar-refractivity contribution is 0.102. The molecule has 0 aromatic heterocycles. The Hall–Kier alpha value is -1.30. The predicted molar refractivity (Wildman–Crippen MR) is 112 cm³/mol. The summed E-state index contributed by atoms with van der Waals surface area (Å²) in [6.45, 7) is 4.82. The fourth-order valence-electron chi connectivity index (χ4n) is 2.07. The van der Waals surface area contributed by atoms with Gasteiger partial charge in [-0.3, -0.25) is 4.79 Å². The molecule has 0 bridgehead atoms. The smallest absolute Gasteiger partial charge is 0.173 e. The van der Waals surface area contributed by atoms with Crippen LogP contribution in [0.5, 0.6) is 0 Å². The van der Waals surface area contributed by atoms with Crippen molar-refractivity contribution in [2.45, 2.75) is 18.7 Å². The molecule has 2 rings (SSSR count). The minimum Gasteiger partial charge on any atom is -0.366 e. The molecule has 2 aromatic carbocycles. The van der Waals surface area contributed by atoms with Gasteiger partial charge in [-0.15, -0.1) is 11.8 Å². The van der Waals surface area contributed by atoms with Gasteiger partial charge in [0.2, 0.25) is 0 Å². The number of ketones is 1. The third kappa shape index (κ3) is 5.87. The monoisotopic (exact) mass is 438 g/mol. The van der Waals surface area contributed by atoms with Crippen LogP contribution in [0.2, 0.25) is 5.02 Å². The van der Waals surface area contributed by atoms with E-state index in [1.807, 2.05) is 56.1 Å².